The Kier molecular flexibility index (Phi) is 7.20. The molecule has 0 aromatic heterocycles. The van der Waals surface area contributed by atoms with E-state index < -0.39 is 11.9 Å². The lowest BCUT2D eigenvalue weighted by Crippen LogP contribution is -2.30. The molecule has 0 aromatic rings. The van der Waals surface area contributed by atoms with Gasteiger partial charge >= 0.3 is 11.9 Å². The molecule has 0 rings (SSSR count). The highest BCUT2D eigenvalue weighted by Crippen LogP contribution is 2.10. The van der Waals surface area contributed by atoms with Gasteiger partial charge in [-0.1, -0.05) is 13.3 Å². The second-order valence-electron chi connectivity index (χ2n) is 3.38. The molecule has 0 radical (unpaired) electrons. The standard InChI is InChI=1S/C11H18O5/c1-4-5-9(8(2)15-3)16-11(14)7-6-10(12)13/h6-9H,4-5H2,1-3H3,(H,12,13)/b7-6+. The predicted octanol–water partition coefficient (Wildman–Crippen LogP) is 1.37. The van der Waals surface area contributed by atoms with Crippen molar-refractivity contribution >= 4 is 11.9 Å². The molecule has 2 atom stereocenters. The molecule has 0 saturated carbocycles. The lowest BCUT2D eigenvalue weighted by atomic mass is 10.1. The Morgan fingerprint density at radius 1 is 1.38 bits per heavy atom. The van der Waals surface area contributed by atoms with Gasteiger partial charge in [0.1, 0.15) is 6.10 Å². The monoisotopic (exact) mass is 230 g/mol. The maximum absolute atomic E-state index is 11.2. The first-order chi connectivity index (χ1) is 7.51. The molecule has 0 spiro atoms. The molecule has 16 heavy (non-hydrogen) atoms. The summed E-state index contributed by atoms with van der Waals surface area (Å²) >= 11 is 0. The fourth-order valence-electron chi connectivity index (χ4n) is 1.15. The summed E-state index contributed by atoms with van der Waals surface area (Å²) in [4.78, 5) is 21.4. The molecular formula is C11H18O5. The first kappa shape index (κ1) is 14.6. The van der Waals surface area contributed by atoms with E-state index in [4.69, 9.17) is 14.6 Å². The lowest BCUT2D eigenvalue weighted by Gasteiger charge is -2.21. The van der Waals surface area contributed by atoms with Crippen molar-refractivity contribution in [2.75, 3.05) is 7.11 Å². The lowest BCUT2D eigenvalue weighted by molar-refractivity contribution is -0.150. The van der Waals surface area contributed by atoms with Gasteiger partial charge in [0.15, 0.2) is 0 Å². The molecule has 0 aromatic carbocycles. The van der Waals surface area contributed by atoms with Gasteiger partial charge in [0.05, 0.1) is 6.10 Å². The van der Waals surface area contributed by atoms with Crippen LogP contribution in [-0.4, -0.2) is 36.4 Å². The van der Waals surface area contributed by atoms with Crippen molar-refractivity contribution in [3.63, 3.8) is 0 Å². The number of aliphatic carboxylic acids is 1. The normalized spacial score (nSPS) is 14.7. The van der Waals surface area contributed by atoms with Crippen LogP contribution in [-0.2, 0) is 19.1 Å². The number of hydrogen-bond acceptors (Lipinski definition) is 4. The second kappa shape index (κ2) is 7.87. The van der Waals surface area contributed by atoms with Crippen molar-refractivity contribution in [2.24, 2.45) is 0 Å². The van der Waals surface area contributed by atoms with E-state index in [1.165, 1.54) is 7.11 Å². The Morgan fingerprint density at radius 2 is 2.00 bits per heavy atom. The average Bonchev–Trinajstić information content (AvgIpc) is 2.24. The summed E-state index contributed by atoms with van der Waals surface area (Å²) in [5.41, 5.74) is 0. The minimum absolute atomic E-state index is 0.206. The summed E-state index contributed by atoms with van der Waals surface area (Å²) in [5.74, 6) is -1.84. The topological polar surface area (TPSA) is 72.8 Å². The van der Waals surface area contributed by atoms with E-state index >= 15 is 0 Å². The highest BCUT2D eigenvalue weighted by molar-refractivity contribution is 5.90. The van der Waals surface area contributed by atoms with Crippen molar-refractivity contribution in [1.82, 2.24) is 0 Å². The SMILES string of the molecule is CCCC(OC(=O)/C=C/C(=O)O)C(C)OC. The van der Waals surface area contributed by atoms with E-state index in [-0.39, 0.29) is 12.2 Å². The van der Waals surface area contributed by atoms with Gasteiger partial charge in [0.2, 0.25) is 0 Å². The van der Waals surface area contributed by atoms with E-state index in [1.54, 1.807) is 6.92 Å². The molecule has 0 aliphatic rings. The van der Waals surface area contributed by atoms with Crippen molar-refractivity contribution in [3.05, 3.63) is 12.2 Å². The van der Waals surface area contributed by atoms with Crippen molar-refractivity contribution in [3.8, 4) is 0 Å². The third-order valence-corrected chi connectivity index (χ3v) is 2.10. The number of carbonyl (C=O) groups is 2. The molecule has 0 amide bonds. The van der Waals surface area contributed by atoms with E-state index in [1.807, 2.05) is 6.92 Å². The smallest absolute Gasteiger partial charge is 0.331 e. The zero-order valence-electron chi connectivity index (χ0n) is 9.80. The van der Waals surface area contributed by atoms with E-state index in [0.29, 0.717) is 6.42 Å². The number of ether oxygens (including phenoxy) is 2. The molecule has 0 aliphatic heterocycles. The number of esters is 1. The maximum atomic E-state index is 11.2. The summed E-state index contributed by atoms with van der Waals surface area (Å²) in [6.07, 6.45) is 2.63. The molecule has 0 bridgehead atoms. The van der Waals surface area contributed by atoms with Gasteiger partial charge in [-0.3, -0.25) is 0 Å². The maximum Gasteiger partial charge on any atom is 0.331 e. The van der Waals surface area contributed by atoms with Crippen LogP contribution < -0.4 is 0 Å². The number of hydrogen-bond donors (Lipinski definition) is 1. The summed E-state index contributed by atoms with van der Waals surface area (Å²) in [6, 6.07) is 0. The number of carboxylic acids is 1. The molecular weight excluding hydrogens is 212 g/mol. The zero-order chi connectivity index (χ0) is 12.6. The summed E-state index contributed by atoms with van der Waals surface area (Å²) < 4.78 is 10.2. The second-order valence-corrected chi connectivity index (χ2v) is 3.38. The highest BCUT2D eigenvalue weighted by atomic mass is 16.6. The Bertz CT molecular complexity index is 259. The fourth-order valence-corrected chi connectivity index (χ4v) is 1.15. The van der Waals surface area contributed by atoms with Crippen LogP contribution >= 0.6 is 0 Å². The Labute approximate surface area is 95.0 Å². The summed E-state index contributed by atoms with van der Waals surface area (Å²) in [6.45, 7) is 3.77. The van der Waals surface area contributed by atoms with Crippen molar-refractivity contribution < 1.29 is 24.2 Å². The van der Waals surface area contributed by atoms with E-state index in [2.05, 4.69) is 0 Å². The van der Waals surface area contributed by atoms with Crippen LogP contribution in [0.15, 0.2) is 12.2 Å². The van der Waals surface area contributed by atoms with Crippen LogP contribution in [0.2, 0.25) is 0 Å². The van der Waals surface area contributed by atoms with Crippen molar-refractivity contribution in [2.45, 2.75) is 38.9 Å². The van der Waals surface area contributed by atoms with Gasteiger partial charge in [0, 0.05) is 19.3 Å². The summed E-state index contributed by atoms with van der Waals surface area (Å²) in [5, 5.41) is 8.34. The number of methoxy groups -OCH3 is 1. The first-order valence-electron chi connectivity index (χ1n) is 5.15. The van der Waals surface area contributed by atoms with Crippen LogP contribution in [0.1, 0.15) is 26.7 Å². The summed E-state index contributed by atoms with van der Waals surface area (Å²) in [7, 11) is 1.54. The van der Waals surface area contributed by atoms with Gasteiger partial charge in [-0.25, -0.2) is 9.59 Å². The number of rotatable bonds is 7. The predicted molar refractivity (Wildman–Crippen MR) is 58.0 cm³/mol. The van der Waals surface area contributed by atoms with Crippen LogP contribution in [0.3, 0.4) is 0 Å². The van der Waals surface area contributed by atoms with Gasteiger partial charge in [-0.05, 0) is 13.3 Å². The zero-order valence-corrected chi connectivity index (χ0v) is 9.80. The molecule has 5 nitrogen and oxygen atoms in total. The van der Waals surface area contributed by atoms with Gasteiger partial charge in [0.25, 0.3) is 0 Å². The van der Waals surface area contributed by atoms with Gasteiger partial charge in [-0.2, -0.15) is 0 Å². The van der Waals surface area contributed by atoms with Crippen LogP contribution in [0.4, 0.5) is 0 Å². The van der Waals surface area contributed by atoms with Crippen LogP contribution in [0.5, 0.6) is 0 Å². The average molecular weight is 230 g/mol. The van der Waals surface area contributed by atoms with Gasteiger partial charge < -0.3 is 14.6 Å². The molecule has 5 heteroatoms. The molecule has 2 unspecified atom stereocenters. The minimum Gasteiger partial charge on any atom is -0.478 e. The third kappa shape index (κ3) is 6.19. The Morgan fingerprint density at radius 3 is 2.44 bits per heavy atom. The highest BCUT2D eigenvalue weighted by Gasteiger charge is 2.19. The van der Waals surface area contributed by atoms with Gasteiger partial charge in [-0.15, -0.1) is 0 Å². The molecule has 1 N–H and O–H groups in total. The van der Waals surface area contributed by atoms with E-state index in [9.17, 15) is 9.59 Å². The molecule has 92 valence electrons. The van der Waals surface area contributed by atoms with E-state index in [0.717, 1.165) is 18.6 Å². The van der Waals surface area contributed by atoms with Crippen molar-refractivity contribution in [1.29, 1.82) is 0 Å². The quantitative estimate of drug-likeness (QED) is 0.528. The fraction of sp³-hybridized carbons (Fsp3) is 0.636. The molecule has 0 aliphatic carbocycles. The largest absolute Gasteiger partial charge is 0.478 e. The Hall–Kier alpha value is -1.36. The minimum atomic E-state index is -1.18. The van der Waals surface area contributed by atoms with Crippen LogP contribution in [0.25, 0.3) is 0 Å². The third-order valence-electron chi connectivity index (χ3n) is 2.10. The van der Waals surface area contributed by atoms with Crippen LogP contribution in [0, 0.1) is 0 Å². The first-order valence-corrected chi connectivity index (χ1v) is 5.15. The molecule has 0 fully saturated rings. The molecule has 0 saturated heterocycles. The number of carboxylic acid groups (broad SMARTS) is 1. The molecule has 0 heterocycles. The Balaban J connectivity index is 4.28. The number of carbonyl (C=O) groups excluding carboxylic acids is 1.